The Morgan fingerprint density at radius 2 is 2.18 bits per heavy atom. The van der Waals surface area contributed by atoms with Crippen molar-refractivity contribution in [2.45, 2.75) is 19.9 Å². The van der Waals surface area contributed by atoms with Crippen LogP contribution in [0.15, 0.2) is 22.7 Å². The highest BCUT2D eigenvalue weighted by Gasteiger charge is 2.17. The third-order valence-corrected chi connectivity index (χ3v) is 3.64. The maximum atomic E-state index is 11.9. The van der Waals surface area contributed by atoms with Crippen molar-refractivity contribution in [3.05, 3.63) is 28.2 Å². The van der Waals surface area contributed by atoms with Gasteiger partial charge in [0.1, 0.15) is 5.75 Å². The van der Waals surface area contributed by atoms with E-state index < -0.39 is 0 Å². The van der Waals surface area contributed by atoms with Gasteiger partial charge in [-0.1, -0.05) is 22.9 Å². The normalized spacial score (nSPS) is 14.1. The van der Waals surface area contributed by atoms with E-state index in [1.54, 1.807) is 12.1 Å². The first-order valence-corrected chi connectivity index (χ1v) is 6.63. The molecule has 2 N–H and O–H groups in total. The maximum absolute atomic E-state index is 11.9. The molecule has 1 rings (SSSR count). The molecule has 0 radical (unpaired) electrons. The van der Waals surface area contributed by atoms with Crippen LogP contribution in [0.2, 0.25) is 0 Å². The minimum atomic E-state index is -0.298. The topological polar surface area (TPSA) is 49.3 Å². The van der Waals surface area contributed by atoms with Gasteiger partial charge in [0.25, 0.3) is 5.91 Å². The fraction of sp³-hybridized carbons (Fsp3) is 0.417. The summed E-state index contributed by atoms with van der Waals surface area (Å²) in [5.41, 5.74) is 0.257. The van der Waals surface area contributed by atoms with Crippen molar-refractivity contribution >= 4 is 33.4 Å². The predicted molar refractivity (Wildman–Crippen MR) is 72.6 cm³/mol. The monoisotopic (exact) mass is 319 g/mol. The second-order valence-electron chi connectivity index (χ2n) is 4.06. The molecule has 1 amide bonds. The van der Waals surface area contributed by atoms with Crippen LogP contribution in [0.4, 0.5) is 0 Å². The summed E-state index contributed by atoms with van der Waals surface area (Å²) in [6.07, 6.45) is 0. The third kappa shape index (κ3) is 3.89. The number of carbonyl (C=O) groups is 1. The molecule has 0 fully saturated rings. The van der Waals surface area contributed by atoms with Crippen molar-refractivity contribution in [1.82, 2.24) is 5.32 Å². The molecule has 0 bridgehead atoms. The van der Waals surface area contributed by atoms with Gasteiger partial charge in [0, 0.05) is 16.4 Å². The van der Waals surface area contributed by atoms with E-state index in [1.807, 2.05) is 13.8 Å². The lowest BCUT2D eigenvalue weighted by molar-refractivity contribution is 0.0928. The fourth-order valence-corrected chi connectivity index (χ4v) is 1.88. The summed E-state index contributed by atoms with van der Waals surface area (Å²) in [5, 5.41) is 12.4. The first-order chi connectivity index (χ1) is 7.95. The average Bonchev–Trinajstić information content (AvgIpc) is 2.30. The number of amides is 1. The van der Waals surface area contributed by atoms with E-state index in [2.05, 4.69) is 21.2 Å². The van der Waals surface area contributed by atoms with Gasteiger partial charge in [-0.05, 0) is 31.0 Å². The van der Waals surface area contributed by atoms with Crippen LogP contribution in [-0.4, -0.2) is 22.9 Å². The van der Waals surface area contributed by atoms with Gasteiger partial charge in [0.05, 0.1) is 5.56 Å². The first-order valence-electron chi connectivity index (χ1n) is 5.31. The Labute approximate surface area is 114 Å². The number of phenolic OH excluding ortho intramolecular Hbond substituents is 1. The van der Waals surface area contributed by atoms with Crippen LogP contribution in [0.1, 0.15) is 24.2 Å². The third-order valence-electron chi connectivity index (χ3n) is 2.66. The zero-order valence-corrected chi connectivity index (χ0v) is 12.0. The molecular weight excluding hydrogens is 305 g/mol. The SMILES string of the molecule is CC(CCl)C(C)NC(=O)c1cc(Br)ccc1O. The van der Waals surface area contributed by atoms with E-state index in [9.17, 15) is 9.90 Å². The second-order valence-corrected chi connectivity index (χ2v) is 5.28. The summed E-state index contributed by atoms with van der Waals surface area (Å²) in [4.78, 5) is 11.9. The first kappa shape index (κ1) is 14.3. The van der Waals surface area contributed by atoms with Gasteiger partial charge in [-0.3, -0.25) is 4.79 Å². The highest BCUT2D eigenvalue weighted by atomic mass is 79.9. The van der Waals surface area contributed by atoms with Gasteiger partial charge in [0.2, 0.25) is 0 Å². The lowest BCUT2D eigenvalue weighted by Crippen LogP contribution is -2.37. The van der Waals surface area contributed by atoms with E-state index in [0.29, 0.717) is 5.88 Å². The van der Waals surface area contributed by atoms with Crippen molar-refractivity contribution in [1.29, 1.82) is 0 Å². The zero-order valence-electron chi connectivity index (χ0n) is 9.71. The number of hydrogen-bond acceptors (Lipinski definition) is 2. The molecule has 1 aromatic carbocycles. The van der Waals surface area contributed by atoms with E-state index in [4.69, 9.17) is 11.6 Å². The average molecular weight is 321 g/mol. The minimum absolute atomic E-state index is 0.0311. The van der Waals surface area contributed by atoms with Gasteiger partial charge in [0.15, 0.2) is 0 Å². The number of phenols is 1. The summed E-state index contributed by atoms with van der Waals surface area (Å²) in [6.45, 7) is 3.85. The molecule has 3 nitrogen and oxygen atoms in total. The number of benzene rings is 1. The van der Waals surface area contributed by atoms with E-state index in [-0.39, 0.29) is 29.2 Å². The molecule has 0 aliphatic rings. The molecule has 0 saturated heterocycles. The summed E-state index contributed by atoms with van der Waals surface area (Å²) in [5.74, 6) is 0.325. The Balaban J connectivity index is 2.79. The molecule has 0 spiro atoms. The number of hydrogen-bond donors (Lipinski definition) is 2. The van der Waals surface area contributed by atoms with E-state index >= 15 is 0 Å². The number of aromatic hydroxyl groups is 1. The van der Waals surface area contributed by atoms with Crippen molar-refractivity contribution in [3.63, 3.8) is 0 Å². The molecular formula is C12H15BrClNO2. The molecule has 0 heterocycles. The zero-order chi connectivity index (χ0) is 13.0. The van der Waals surface area contributed by atoms with E-state index in [0.717, 1.165) is 4.47 Å². The van der Waals surface area contributed by atoms with Gasteiger partial charge in [-0.2, -0.15) is 0 Å². The Kier molecular flexibility index (Phi) is 5.28. The molecule has 0 aliphatic heterocycles. The maximum Gasteiger partial charge on any atom is 0.255 e. The number of halogens is 2. The summed E-state index contributed by atoms with van der Waals surface area (Å²) in [7, 11) is 0. The van der Waals surface area contributed by atoms with Gasteiger partial charge >= 0.3 is 0 Å². The smallest absolute Gasteiger partial charge is 0.255 e. The van der Waals surface area contributed by atoms with Crippen LogP contribution in [0.25, 0.3) is 0 Å². The summed E-state index contributed by atoms with van der Waals surface area (Å²) >= 11 is 8.99. The highest BCUT2D eigenvalue weighted by Crippen LogP contribution is 2.22. The molecule has 94 valence electrons. The van der Waals surface area contributed by atoms with Gasteiger partial charge in [-0.15, -0.1) is 11.6 Å². The molecule has 1 aromatic rings. The van der Waals surface area contributed by atoms with Crippen LogP contribution in [0.5, 0.6) is 5.75 Å². The number of nitrogens with one attached hydrogen (secondary N) is 1. The molecule has 5 heteroatoms. The fourth-order valence-electron chi connectivity index (χ4n) is 1.25. The molecule has 0 aliphatic carbocycles. The predicted octanol–water partition coefficient (Wildman–Crippen LogP) is 3.15. The molecule has 2 unspecified atom stereocenters. The molecule has 0 saturated carbocycles. The molecule has 17 heavy (non-hydrogen) atoms. The Hall–Kier alpha value is -0.740. The lowest BCUT2D eigenvalue weighted by atomic mass is 10.1. The number of carbonyl (C=O) groups excluding carboxylic acids is 1. The second kappa shape index (κ2) is 6.26. The van der Waals surface area contributed by atoms with Crippen molar-refractivity contribution in [2.24, 2.45) is 5.92 Å². The van der Waals surface area contributed by atoms with Crippen LogP contribution in [-0.2, 0) is 0 Å². The van der Waals surface area contributed by atoms with Crippen molar-refractivity contribution in [3.8, 4) is 5.75 Å². The molecule has 0 aromatic heterocycles. The summed E-state index contributed by atoms with van der Waals surface area (Å²) < 4.78 is 0.749. The van der Waals surface area contributed by atoms with Crippen LogP contribution in [0.3, 0.4) is 0 Å². The highest BCUT2D eigenvalue weighted by molar-refractivity contribution is 9.10. The quantitative estimate of drug-likeness (QED) is 0.837. The van der Waals surface area contributed by atoms with Gasteiger partial charge in [-0.25, -0.2) is 0 Å². The van der Waals surface area contributed by atoms with Crippen molar-refractivity contribution < 1.29 is 9.90 Å². The number of alkyl halides is 1. The number of rotatable bonds is 4. The lowest BCUT2D eigenvalue weighted by Gasteiger charge is -2.19. The largest absolute Gasteiger partial charge is 0.507 e. The standard InChI is InChI=1S/C12H15BrClNO2/c1-7(6-14)8(2)15-12(17)10-5-9(13)3-4-11(10)16/h3-5,7-8,16H,6H2,1-2H3,(H,15,17). The molecule has 2 atom stereocenters. The van der Waals surface area contributed by atoms with Gasteiger partial charge < -0.3 is 10.4 Å². The van der Waals surface area contributed by atoms with Crippen LogP contribution in [0, 0.1) is 5.92 Å². The summed E-state index contributed by atoms with van der Waals surface area (Å²) in [6, 6.07) is 4.70. The van der Waals surface area contributed by atoms with Crippen LogP contribution >= 0.6 is 27.5 Å². The Morgan fingerprint density at radius 1 is 1.53 bits per heavy atom. The minimum Gasteiger partial charge on any atom is -0.507 e. The van der Waals surface area contributed by atoms with Crippen LogP contribution < -0.4 is 5.32 Å². The van der Waals surface area contributed by atoms with Crippen molar-refractivity contribution in [2.75, 3.05) is 5.88 Å². The Bertz CT molecular complexity index is 411. The van der Waals surface area contributed by atoms with E-state index in [1.165, 1.54) is 6.07 Å². The Morgan fingerprint density at radius 3 is 2.76 bits per heavy atom.